The number of aromatic nitrogens is 2. The minimum Gasteiger partial charge on any atom is -0.395 e. The van der Waals surface area contributed by atoms with E-state index < -0.39 is 5.82 Å². The molecule has 3 aromatic rings. The lowest BCUT2D eigenvalue weighted by Gasteiger charge is -2.16. The van der Waals surface area contributed by atoms with Gasteiger partial charge in [-0.15, -0.1) is 0 Å². The highest BCUT2D eigenvalue weighted by Crippen LogP contribution is 2.35. The van der Waals surface area contributed by atoms with Crippen LogP contribution in [0.15, 0.2) is 42.7 Å². The van der Waals surface area contributed by atoms with Crippen LogP contribution in [0, 0.1) is 5.82 Å². The topological polar surface area (TPSA) is 87.1 Å². The molecule has 6 nitrogen and oxygen atoms in total. The molecule has 0 spiro atoms. The molecule has 0 bridgehead atoms. The van der Waals surface area contributed by atoms with Crippen LogP contribution in [0.3, 0.4) is 0 Å². The van der Waals surface area contributed by atoms with Crippen LogP contribution in [-0.4, -0.2) is 34.1 Å². The minimum absolute atomic E-state index is 0.149. The van der Waals surface area contributed by atoms with Crippen LogP contribution in [0.2, 0.25) is 5.02 Å². The van der Waals surface area contributed by atoms with E-state index in [0.717, 1.165) is 36.2 Å². The number of hydrogen-bond donors (Lipinski definition) is 3. The van der Waals surface area contributed by atoms with Crippen molar-refractivity contribution in [1.29, 1.82) is 0 Å². The van der Waals surface area contributed by atoms with Crippen molar-refractivity contribution in [2.45, 2.75) is 19.3 Å². The molecule has 8 heteroatoms. The Labute approximate surface area is 178 Å². The van der Waals surface area contributed by atoms with Crippen LogP contribution >= 0.6 is 11.6 Å². The zero-order valence-electron chi connectivity index (χ0n) is 16.1. The summed E-state index contributed by atoms with van der Waals surface area (Å²) in [5.74, 6) is -0.741. The molecule has 154 valence electrons. The third-order valence-corrected chi connectivity index (χ3v) is 5.22. The monoisotopic (exact) mass is 426 g/mol. The number of pyridine rings is 2. The highest BCUT2D eigenvalue weighted by molar-refractivity contribution is 6.30. The predicted octanol–water partition coefficient (Wildman–Crippen LogP) is 3.89. The van der Waals surface area contributed by atoms with E-state index in [1.54, 1.807) is 24.4 Å². The SMILES string of the molecule is O=C(NCCO)c1cnccc1Nc1cc(-c2cc(Cl)ccc2F)nc2c1CCC2. The Hall–Kier alpha value is -3.03. The van der Waals surface area contributed by atoms with Crippen molar-refractivity contribution >= 4 is 28.9 Å². The van der Waals surface area contributed by atoms with Crippen molar-refractivity contribution < 1.29 is 14.3 Å². The van der Waals surface area contributed by atoms with Crippen molar-refractivity contribution in [1.82, 2.24) is 15.3 Å². The number of benzene rings is 1. The molecular formula is C22H20ClFN4O2. The van der Waals surface area contributed by atoms with E-state index in [9.17, 15) is 9.18 Å². The lowest BCUT2D eigenvalue weighted by Crippen LogP contribution is -2.27. The summed E-state index contributed by atoms with van der Waals surface area (Å²) in [6.45, 7) is -0.00278. The largest absolute Gasteiger partial charge is 0.395 e. The third-order valence-electron chi connectivity index (χ3n) is 4.99. The van der Waals surface area contributed by atoms with E-state index in [1.165, 1.54) is 18.3 Å². The molecule has 0 atom stereocenters. The molecule has 0 saturated heterocycles. The van der Waals surface area contributed by atoms with Gasteiger partial charge >= 0.3 is 0 Å². The summed E-state index contributed by atoms with van der Waals surface area (Å²) in [5.41, 5.74) is 4.47. The summed E-state index contributed by atoms with van der Waals surface area (Å²) >= 11 is 6.07. The molecule has 1 aromatic carbocycles. The van der Waals surface area contributed by atoms with Crippen LogP contribution < -0.4 is 10.6 Å². The van der Waals surface area contributed by atoms with Gasteiger partial charge in [-0.2, -0.15) is 0 Å². The summed E-state index contributed by atoms with van der Waals surface area (Å²) in [6, 6.07) is 7.88. The van der Waals surface area contributed by atoms with Gasteiger partial charge in [0, 0.05) is 40.9 Å². The number of nitrogens with one attached hydrogen (secondary N) is 2. The van der Waals surface area contributed by atoms with Crippen molar-refractivity contribution in [3.05, 3.63) is 70.4 Å². The van der Waals surface area contributed by atoms with Gasteiger partial charge in [0.2, 0.25) is 0 Å². The Morgan fingerprint density at radius 2 is 2.07 bits per heavy atom. The van der Waals surface area contributed by atoms with Crippen LogP contribution in [0.4, 0.5) is 15.8 Å². The van der Waals surface area contributed by atoms with Gasteiger partial charge in [0.15, 0.2) is 0 Å². The Kier molecular flexibility index (Phi) is 5.92. The molecule has 1 aliphatic rings. The molecule has 0 unspecified atom stereocenters. The molecule has 3 N–H and O–H groups in total. The molecule has 1 amide bonds. The smallest absolute Gasteiger partial charge is 0.255 e. The maximum Gasteiger partial charge on any atom is 0.255 e. The second kappa shape index (κ2) is 8.77. The number of nitrogens with zero attached hydrogens (tertiary/aromatic N) is 2. The number of aliphatic hydroxyl groups is 1. The van der Waals surface area contributed by atoms with Gasteiger partial charge in [0.1, 0.15) is 5.82 Å². The van der Waals surface area contributed by atoms with Gasteiger partial charge in [0.25, 0.3) is 5.91 Å². The highest BCUT2D eigenvalue weighted by Gasteiger charge is 2.21. The highest BCUT2D eigenvalue weighted by atomic mass is 35.5. The number of amides is 1. The Morgan fingerprint density at radius 1 is 1.20 bits per heavy atom. The number of aliphatic hydroxyl groups excluding tert-OH is 1. The number of hydrogen-bond acceptors (Lipinski definition) is 5. The van der Waals surface area contributed by atoms with E-state index in [0.29, 0.717) is 27.5 Å². The van der Waals surface area contributed by atoms with Crippen molar-refractivity contribution in [2.24, 2.45) is 0 Å². The maximum absolute atomic E-state index is 14.5. The number of halogens is 2. The molecular weight excluding hydrogens is 407 g/mol. The average Bonchev–Trinajstić information content (AvgIpc) is 3.23. The zero-order chi connectivity index (χ0) is 21.1. The number of fused-ring (bicyclic) bond motifs is 1. The standard InChI is InChI=1S/C22H20ClFN4O2/c23-13-4-5-17(24)15(10-13)21-11-20(14-2-1-3-18(14)27-21)28-19-6-7-25-12-16(19)22(30)26-8-9-29/h4-7,10-12,29H,1-3,8-9H2,(H,26,30)(H,25,27,28). The van der Waals surface area contributed by atoms with E-state index >= 15 is 0 Å². The fourth-order valence-corrected chi connectivity index (χ4v) is 3.75. The van der Waals surface area contributed by atoms with Gasteiger partial charge in [-0.3, -0.25) is 14.8 Å². The maximum atomic E-state index is 14.5. The average molecular weight is 427 g/mol. The predicted molar refractivity (Wildman–Crippen MR) is 114 cm³/mol. The normalized spacial score (nSPS) is 12.5. The summed E-state index contributed by atoms with van der Waals surface area (Å²) < 4.78 is 14.5. The molecule has 2 aromatic heterocycles. The van der Waals surface area contributed by atoms with Crippen molar-refractivity contribution in [3.63, 3.8) is 0 Å². The quantitative estimate of drug-likeness (QED) is 0.556. The van der Waals surface area contributed by atoms with Gasteiger partial charge in [-0.1, -0.05) is 11.6 Å². The molecule has 0 aliphatic heterocycles. The van der Waals surface area contributed by atoms with Crippen LogP contribution in [-0.2, 0) is 12.8 Å². The Balaban J connectivity index is 1.75. The van der Waals surface area contributed by atoms with Crippen LogP contribution in [0.25, 0.3) is 11.3 Å². The summed E-state index contributed by atoms with van der Waals surface area (Å²) in [6.07, 6.45) is 5.66. The molecule has 0 radical (unpaired) electrons. The molecule has 0 fully saturated rings. The fraction of sp³-hybridized carbons (Fsp3) is 0.227. The van der Waals surface area contributed by atoms with Gasteiger partial charge in [-0.05, 0) is 55.2 Å². The second-order valence-corrected chi connectivity index (χ2v) is 7.42. The lowest BCUT2D eigenvalue weighted by molar-refractivity contribution is 0.0945. The van der Waals surface area contributed by atoms with Gasteiger partial charge in [-0.25, -0.2) is 4.39 Å². The first-order valence-corrected chi connectivity index (χ1v) is 10.0. The Morgan fingerprint density at radius 3 is 2.90 bits per heavy atom. The van der Waals surface area contributed by atoms with Gasteiger partial charge < -0.3 is 15.7 Å². The molecule has 0 saturated carbocycles. The van der Waals surface area contributed by atoms with Crippen molar-refractivity contribution in [2.75, 3.05) is 18.5 Å². The van der Waals surface area contributed by atoms with E-state index in [1.807, 2.05) is 0 Å². The lowest BCUT2D eigenvalue weighted by atomic mass is 10.1. The van der Waals surface area contributed by atoms with E-state index in [2.05, 4.69) is 20.6 Å². The van der Waals surface area contributed by atoms with Crippen molar-refractivity contribution in [3.8, 4) is 11.3 Å². The van der Waals surface area contributed by atoms with Crippen LogP contribution in [0.5, 0.6) is 0 Å². The number of rotatable bonds is 6. The van der Waals surface area contributed by atoms with E-state index in [-0.39, 0.29) is 19.1 Å². The minimum atomic E-state index is -0.399. The first kappa shape index (κ1) is 20.3. The summed E-state index contributed by atoms with van der Waals surface area (Å²) in [7, 11) is 0. The molecule has 4 rings (SSSR count). The Bertz CT molecular complexity index is 1110. The zero-order valence-corrected chi connectivity index (χ0v) is 16.8. The number of anilines is 2. The molecule has 1 aliphatic carbocycles. The first-order chi connectivity index (χ1) is 14.6. The van der Waals surface area contributed by atoms with E-state index in [4.69, 9.17) is 16.7 Å². The number of carbonyl (C=O) groups is 1. The molecule has 2 heterocycles. The third kappa shape index (κ3) is 4.13. The summed E-state index contributed by atoms with van der Waals surface area (Å²) in [5, 5.41) is 15.3. The second-order valence-electron chi connectivity index (χ2n) is 6.98. The first-order valence-electron chi connectivity index (χ1n) is 9.65. The van der Waals surface area contributed by atoms with Gasteiger partial charge in [0.05, 0.1) is 23.6 Å². The molecule has 30 heavy (non-hydrogen) atoms. The summed E-state index contributed by atoms with van der Waals surface area (Å²) in [4.78, 5) is 21.1. The number of carbonyl (C=O) groups excluding carboxylic acids is 1. The number of aryl methyl sites for hydroxylation is 1. The fourth-order valence-electron chi connectivity index (χ4n) is 3.58. The van der Waals surface area contributed by atoms with Crippen LogP contribution in [0.1, 0.15) is 28.0 Å².